The Labute approximate surface area is 114 Å². The van der Waals surface area contributed by atoms with Gasteiger partial charge in [-0.2, -0.15) is 0 Å². The lowest BCUT2D eigenvalue weighted by Crippen LogP contribution is -2.42. The standard InChI is InChI=1S/C12H16BrNO2S/c1-8(2)14-11(12(15)16)7-17-10-5-3-9(13)4-6-10/h3-6,8,11,14H,7H2,1-2H3,(H,15,16). The van der Waals surface area contributed by atoms with E-state index >= 15 is 0 Å². The monoisotopic (exact) mass is 317 g/mol. The Morgan fingerprint density at radius 3 is 2.47 bits per heavy atom. The first-order valence-electron chi connectivity index (χ1n) is 5.36. The molecule has 0 aromatic heterocycles. The van der Waals surface area contributed by atoms with Crippen LogP contribution in [0.3, 0.4) is 0 Å². The molecule has 0 aliphatic carbocycles. The Balaban J connectivity index is 2.51. The Morgan fingerprint density at radius 1 is 1.41 bits per heavy atom. The van der Waals surface area contributed by atoms with Crippen molar-refractivity contribution in [2.75, 3.05) is 5.75 Å². The molecule has 2 N–H and O–H groups in total. The number of hydrogen-bond acceptors (Lipinski definition) is 3. The van der Waals surface area contributed by atoms with Crippen LogP contribution in [-0.2, 0) is 4.79 Å². The highest BCUT2D eigenvalue weighted by Gasteiger charge is 2.17. The normalized spacial score (nSPS) is 12.7. The number of nitrogens with one attached hydrogen (secondary N) is 1. The van der Waals surface area contributed by atoms with Gasteiger partial charge in [0.2, 0.25) is 0 Å². The third-order valence-electron chi connectivity index (χ3n) is 2.06. The molecule has 3 nitrogen and oxygen atoms in total. The molecule has 0 fully saturated rings. The third-order valence-corrected chi connectivity index (χ3v) is 3.70. The first-order chi connectivity index (χ1) is 7.99. The predicted molar refractivity (Wildman–Crippen MR) is 74.6 cm³/mol. The van der Waals surface area contributed by atoms with Crippen molar-refractivity contribution in [3.8, 4) is 0 Å². The van der Waals surface area contributed by atoms with Crippen LogP contribution in [0.4, 0.5) is 0 Å². The van der Waals surface area contributed by atoms with Crippen molar-refractivity contribution in [2.24, 2.45) is 0 Å². The zero-order valence-corrected chi connectivity index (χ0v) is 12.2. The van der Waals surface area contributed by atoms with E-state index < -0.39 is 12.0 Å². The molecule has 5 heteroatoms. The number of halogens is 1. The second-order valence-corrected chi connectivity index (χ2v) is 5.99. The highest BCUT2D eigenvalue weighted by Crippen LogP contribution is 2.21. The Hall–Kier alpha value is -0.520. The van der Waals surface area contributed by atoms with Crippen LogP contribution in [0.5, 0.6) is 0 Å². The minimum Gasteiger partial charge on any atom is -0.480 e. The molecule has 1 aromatic carbocycles. The molecule has 0 radical (unpaired) electrons. The van der Waals surface area contributed by atoms with E-state index in [9.17, 15) is 4.79 Å². The molecule has 0 heterocycles. The average Bonchev–Trinajstić information content (AvgIpc) is 2.25. The van der Waals surface area contributed by atoms with Gasteiger partial charge in [-0.15, -0.1) is 11.8 Å². The molecular weight excluding hydrogens is 302 g/mol. The lowest BCUT2D eigenvalue weighted by molar-refractivity contribution is -0.139. The van der Waals surface area contributed by atoms with E-state index in [0.717, 1.165) is 9.37 Å². The van der Waals surface area contributed by atoms with Gasteiger partial charge in [0.25, 0.3) is 0 Å². The van der Waals surface area contributed by atoms with Crippen LogP contribution < -0.4 is 5.32 Å². The van der Waals surface area contributed by atoms with E-state index in [4.69, 9.17) is 5.11 Å². The van der Waals surface area contributed by atoms with Gasteiger partial charge in [0.05, 0.1) is 0 Å². The van der Waals surface area contributed by atoms with Gasteiger partial charge in [-0.1, -0.05) is 29.8 Å². The molecule has 94 valence electrons. The van der Waals surface area contributed by atoms with E-state index in [1.807, 2.05) is 38.1 Å². The van der Waals surface area contributed by atoms with Crippen molar-refractivity contribution in [3.63, 3.8) is 0 Å². The van der Waals surface area contributed by atoms with E-state index in [1.54, 1.807) is 11.8 Å². The maximum Gasteiger partial charge on any atom is 0.321 e. The van der Waals surface area contributed by atoms with E-state index in [0.29, 0.717) is 5.75 Å². The first-order valence-corrected chi connectivity index (χ1v) is 7.14. The molecule has 0 spiro atoms. The maximum absolute atomic E-state index is 11.0. The molecule has 0 saturated heterocycles. The summed E-state index contributed by atoms with van der Waals surface area (Å²) in [5, 5.41) is 12.1. The Bertz CT molecular complexity index is 367. The molecule has 1 rings (SSSR count). The first kappa shape index (κ1) is 14.5. The van der Waals surface area contributed by atoms with Crippen molar-refractivity contribution < 1.29 is 9.90 Å². The van der Waals surface area contributed by atoms with Crippen LogP contribution >= 0.6 is 27.7 Å². The van der Waals surface area contributed by atoms with Crippen LogP contribution in [0, 0.1) is 0 Å². The summed E-state index contributed by atoms with van der Waals surface area (Å²) in [6, 6.07) is 7.51. The molecule has 0 bridgehead atoms. The number of benzene rings is 1. The molecule has 0 aliphatic heterocycles. The number of carboxylic acids is 1. The summed E-state index contributed by atoms with van der Waals surface area (Å²) in [6.07, 6.45) is 0. The van der Waals surface area contributed by atoms with Gasteiger partial charge in [0, 0.05) is 21.2 Å². The van der Waals surface area contributed by atoms with Gasteiger partial charge < -0.3 is 10.4 Å². The number of hydrogen-bond donors (Lipinski definition) is 2. The van der Waals surface area contributed by atoms with Crippen LogP contribution in [0.2, 0.25) is 0 Å². The fourth-order valence-corrected chi connectivity index (χ4v) is 2.49. The van der Waals surface area contributed by atoms with Gasteiger partial charge in [-0.05, 0) is 24.3 Å². The van der Waals surface area contributed by atoms with Crippen LogP contribution in [0.1, 0.15) is 13.8 Å². The lowest BCUT2D eigenvalue weighted by atomic mass is 10.3. The Kier molecular flexibility index (Phi) is 6.02. The number of rotatable bonds is 6. The fourth-order valence-electron chi connectivity index (χ4n) is 1.30. The molecule has 0 amide bonds. The largest absolute Gasteiger partial charge is 0.480 e. The van der Waals surface area contributed by atoms with Crippen molar-refractivity contribution in [1.82, 2.24) is 5.32 Å². The quantitative estimate of drug-likeness (QED) is 0.792. The minimum absolute atomic E-state index is 0.168. The Morgan fingerprint density at radius 2 is 2.00 bits per heavy atom. The van der Waals surface area contributed by atoms with E-state index in [1.165, 1.54) is 0 Å². The van der Waals surface area contributed by atoms with Crippen molar-refractivity contribution in [1.29, 1.82) is 0 Å². The maximum atomic E-state index is 11.0. The highest BCUT2D eigenvalue weighted by atomic mass is 79.9. The lowest BCUT2D eigenvalue weighted by Gasteiger charge is -2.16. The summed E-state index contributed by atoms with van der Waals surface area (Å²) < 4.78 is 1.02. The van der Waals surface area contributed by atoms with Gasteiger partial charge in [0.1, 0.15) is 6.04 Å². The molecule has 1 unspecified atom stereocenters. The fraction of sp³-hybridized carbons (Fsp3) is 0.417. The molecule has 1 aromatic rings. The summed E-state index contributed by atoms with van der Waals surface area (Å²) >= 11 is 4.91. The number of aliphatic carboxylic acids is 1. The zero-order chi connectivity index (χ0) is 12.8. The van der Waals surface area contributed by atoms with E-state index in [2.05, 4.69) is 21.2 Å². The smallest absolute Gasteiger partial charge is 0.321 e. The van der Waals surface area contributed by atoms with Gasteiger partial charge in [0.15, 0.2) is 0 Å². The molecule has 0 aliphatic rings. The van der Waals surface area contributed by atoms with Crippen molar-refractivity contribution >= 4 is 33.7 Å². The SMILES string of the molecule is CC(C)NC(CSc1ccc(Br)cc1)C(=O)O. The van der Waals surface area contributed by atoms with Crippen molar-refractivity contribution in [2.45, 2.75) is 30.8 Å². The van der Waals surface area contributed by atoms with Crippen LogP contribution in [0.25, 0.3) is 0 Å². The third kappa shape index (κ3) is 5.57. The summed E-state index contributed by atoms with van der Waals surface area (Å²) in [5.74, 6) is -0.280. The van der Waals surface area contributed by atoms with Crippen molar-refractivity contribution in [3.05, 3.63) is 28.7 Å². The topological polar surface area (TPSA) is 49.3 Å². The second kappa shape index (κ2) is 7.03. The number of thioether (sulfide) groups is 1. The highest BCUT2D eigenvalue weighted by molar-refractivity contribution is 9.10. The molecule has 0 saturated carbocycles. The predicted octanol–water partition coefficient (Wildman–Crippen LogP) is 2.99. The summed E-state index contributed by atoms with van der Waals surface area (Å²) in [7, 11) is 0. The van der Waals surface area contributed by atoms with Gasteiger partial charge in [-0.25, -0.2) is 0 Å². The van der Waals surface area contributed by atoms with Gasteiger partial charge in [-0.3, -0.25) is 4.79 Å². The second-order valence-electron chi connectivity index (χ2n) is 3.98. The minimum atomic E-state index is -0.802. The number of carbonyl (C=O) groups is 1. The summed E-state index contributed by atoms with van der Waals surface area (Å²) in [4.78, 5) is 12.1. The van der Waals surface area contributed by atoms with E-state index in [-0.39, 0.29) is 6.04 Å². The summed E-state index contributed by atoms with van der Waals surface area (Å²) in [6.45, 7) is 3.89. The average molecular weight is 318 g/mol. The van der Waals surface area contributed by atoms with Gasteiger partial charge >= 0.3 is 5.97 Å². The van der Waals surface area contributed by atoms with Crippen LogP contribution in [0.15, 0.2) is 33.6 Å². The molecular formula is C12H16BrNO2S. The molecule has 17 heavy (non-hydrogen) atoms. The number of carboxylic acid groups (broad SMARTS) is 1. The summed E-state index contributed by atoms with van der Waals surface area (Å²) in [5.41, 5.74) is 0. The zero-order valence-electron chi connectivity index (χ0n) is 9.81. The van der Waals surface area contributed by atoms with Crippen LogP contribution in [-0.4, -0.2) is 28.9 Å². The molecule has 1 atom stereocenters.